The van der Waals surface area contributed by atoms with Crippen LogP contribution in [-0.4, -0.2) is 22.2 Å². The number of aliphatic carboxylic acids is 1. The normalized spacial score (nSPS) is 18.5. The van der Waals surface area contributed by atoms with Gasteiger partial charge in [-0.05, 0) is 18.8 Å². The highest BCUT2D eigenvalue weighted by Crippen LogP contribution is 2.28. The van der Waals surface area contributed by atoms with Crippen molar-refractivity contribution in [2.24, 2.45) is 5.92 Å². The summed E-state index contributed by atoms with van der Waals surface area (Å²) in [5.74, 6) is -1.91. The van der Waals surface area contributed by atoms with Crippen LogP contribution in [0.25, 0.3) is 0 Å². The largest absolute Gasteiger partial charge is 0.504 e. The van der Waals surface area contributed by atoms with Crippen LogP contribution in [-0.2, 0) is 14.3 Å². The molecule has 112 valence electrons. The number of hydrogen-bond acceptors (Lipinski definition) is 4. The second kappa shape index (κ2) is 7.72. The highest BCUT2D eigenvalue weighted by molar-refractivity contribution is 5.95. The van der Waals surface area contributed by atoms with Gasteiger partial charge in [-0.25, -0.2) is 9.59 Å². The zero-order valence-corrected chi connectivity index (χ0v) is 12.0. The van der Waals surface area contributed by atoms with E-state index in [1.165, 1.54) is 12.8 Å². The summed E-state index contributed by atoms with van der Waals surface area (Å²) in [6, 6.07) is 0. The zero-order chi connectivity index (χ0) is 15.1. The van der Waals surface area contributed by atoms with Crippen LogP contribution in [0, 0.1) is 5.92 Å². The molecule has 0 aromatic heterocycles. The second-order valence-corrected chi connectivity index (χ2v) is 5.20. The molecule has 0 amide bonds. The molecule has 20 heavy (non-hydrogen) atoms. The molecule has 1 heterocycles. The fraction of sp³-hybridized carbons (Fsp3) is 0.600. The van der Waals surface area contributed by atoms with Crippen LogP contribution in [0.4, 0.5) is 0 Å². The predicted octanol–water partition coefficient (Wildman–Crippen LogP) is 3.32. The molecule has 1 rings (SSSR count). The van der Waals surface area contributed by atoms with Crippen LogP contribution in [0.2, 0.25) is 0 Å². The minimum absolute atomic E-state index is 0.181. The molecule has 0 aromatic rings. The van der Waals surface area contributed by atoms with E-state index in [0.717, 1.165) is 19.3 Å². The van der Waals surface area contributed by atoms with Gasteiger partial charge in [0.05, 0.1) is 11.6 Å². The van der Waals surface area contributed by atoms with Gasteiger partial charge in [0.15, 0.2) is 11.5 Å². The fourth-order valence-electron chi connectivity index (χ4n) is 2.21. The number of carbonyl (C=O) groups is 2. The lowest BCUT2D eigenvalue weighted by atomic mass is 9.96. The number of hydrogen-bond donors (Lipinski definition) is 2. The summed E-state index contributed by atoms with van der Waals surface area (Å²) in [4.78, 5) is 22.1. The Hall–Kier alpha value is -1.78. The molecule has 0 fully saturated rings. The molecule has 1 unspecified atom stereocenters. The third-order valence-electron chi connectivity index (χ3n) is 3.40. The summed E-state index contributed by atoms with van der Waals surface area (Å²) < 4.78 is 4.74. The van der Waals surface area contributed by atoms with Crippen LogP contribution in [0.1, 0.15) is 52.4 Å². The molecule has 1 aliphatic heterocycles. The SMILES string of the molecule is CCCCC(C)CCCC1=C(O)C(=CC(=O)O)OC1=O. The maximum Gasteiger partial charge on any atom is 0.343 e. The van der Waals surface area contributed by atoms with Crippen molar-refractivity contribution < 1.29 is 24.5 Å². The quantitative estimate of drug-likeness (QED) is 0.527. The van der Waals surface area contributed by atoms with Crippen LogP contribution in [0.15, 0.2) is 23.2 Å². The van der Waals surface area contributed by atoms with E-state index in [1.54, 1.807) is 0 Å². The molecule has 5 nitrogen and oxygen atoms in total. The van der Waals surface area contributed by atoms with E-state index < -0.39 is 11.9 Å². The number of esters is 1. The van der Waals surface area contributed by atoms with Crippen molar-refractivity contribution in [1.29, 1.82) is 0 Å². The van der Waals surface area contributed by atoms with Gasteiger partial charge in [-0.2, -0.15) is 0 Å². The molecule has 2 N–H and O–H groups in total. The molecule has 5 heteroatoms. The first-order valence-electron chi connectivity index (χ1n) is 7.05. The van der Waals surface area contributed by atoms with Gasteiger partial charge in [-0.1, -0.05) is 39.5 Å². The van der Waals surface area contributed by atoms with Crippen molar-refractivity contribution in [2.45, 2.75) is 52.4 Å². The van der Waals surface area contributed by atoms with Crippen LogP contribution in [0.3, 0.4) is 0 Å². The summed E-state index contributed by atoms with van der Waals surface area (Å²) in [7, 11) is 0. The number of aliphatic hydroxyl groups excluding tert-OH is 1. The van der Waals surface area contributed by atoms with E-state index >= 15 is 0 Å². The van der Waals surface area contributed by atoms with E-state index in [2.05, 4.69) is 13.8 Å². The molecule has 1 atom stereocenters. The third-order valence-corrected chi connectivity index (χ3v) is 3.40. The molecule has 0 radical (unpaired) electrons. The van der Waals surface area contributed by atoms with Crippen LogP contribution >= 0.6 is 0 Å². The van der Waals surface area contributed by atoms with Crippen molar-refractivity contribution >= 4 is 11.9 Å². The highest BCUT2D eigenvalue weighted by atomic mass is 16.6. The molecular formula is C15H22O5. The number of cyclic esters (lactones) is 1. The Morgan fingerprint density at radius 3 is 2.60 bits per heavy atom. The van der Waals surface area contributed by atoms with E-state index in [0.29, 0.717) is 18.4 Å². The van der Waals surface area contributed by atoms with Gasteiger partial charge >= 0.3 is 11.9 Å². The van der Waals surface area contributed by atoms with Crippen molar-refractivity contribution in [2.75, 3.05) is 0 Å². The Morgan fingerprint density at radius 2 is 2.00 bits per heavy atom. The number of unbranched alkanes of at least 4 members (excludes halogenated alkanes) is 1. The number of carbonyl (C=O) groups excluding carboxylic acids is 1. The number of carboxylic acids is 1. The van der Waals surface area contributed by atoms with Gasteiger partial charge in [-0.3, -0.25) is 0 Å². The summed E-state index contributed by atoms with van der Waals surface area (Å²) >= 11 is 0. The third kappa shape index (κ3) is 4.72. The topological polar surface area (TPSA) is 83.8 Å². The fourth-order valence-corrected chi connectivity index (χ4v) is 2.21. The smallest absolute Gasteiger partial charge is 0.343 e. The van der Waals surface area contributed by atoms with E-state index in [9.17, 15) is 14.7 Å². The lowest BCUT2D eigenvalue weighted by Gasteiger charge is -2.09. The molecule has 0 spiro atoms. The molecule has 0 bridgehead atoms. The molecular weight excluding hydrogens is 260 g/mol. The van der Waals surface area contributed by atoms with Crippen LogP contribution in [0.5, 0.6) is 0 Å². The first-order valence-corrected chi connectivity index (χ1v) is 7.05. The monoisotopic (exact) mass is 282 g/mol. The van der Waals surface area contributed by atoms with Crippen molar-refractivity contribution in [3.05, 3.63) is 23.2 Å². The van der Waals surface area contributed by atoms with Crippen molar-refractivity contribution in [3.63, 3.8) is 0 Å². The number of ether oxygens (including phenoxy) is 1. The predicted molar refractivity (Wildman–Crippen MR) is 74.0 cm³/mol. The number of aliphatic hydroxyl groups is 1. The van der Waals surface area contributed by atoms with E-state index in [-0.39, 0.29) is 17.1 Å². The molecule has 0 saturated heterocycles. The first-order chi connectivity index (χ1) is 9.45. The summed E-state index contributed by atoms with van der Waals surface area (Å²) in [6.07, 6.45) is 6.40. The summed E-state index contributed by atoms with van der Waals surface area (Å²) in [5, 5.41) is 18.4. The Balaban J connectivity index is 2.52. The minimum atomic E-state index is -1.26. The van der Waals surface area contributed by atoms with E-state index in [1.807, 2.05) is 0 Å². The van der Waals surface area contributed by atoms with Gasteiger partial charge < -0.3 is 14.9 Å². The first kappa shape index (κ1) is 16.3. The average Bonchev–Trinajstić information content (AvgIpc) is 2.63. The van der Waals surface area contributed by atoms with Gasteiger partial charge in [0.1, 0.15) is 0 Å². The van der Waals surface area contributed by atoms with Gasteiger partial charge in [0, 0.05) is 0 Å². The van der Waals surface area contributed by atoms with Gasteiger partial charge in [0.25, 0.3) is 0 Å². The Kier molecular flexibility index (Phi) is 6.28. The maximum absolute atomic E-state index is 11.6. The van der Waals surface area contributed by atoms with E-state index in [4.69, 9.17) is 9.84 Å². The van der Waals surface area contributed by atoms with Crippen LogP contribution < -0.4 is 0 Å². The number of carboxylic acid groups (broad SMARTS) is 1. The maximum atomic E-state index is 11.6. The summed E-state index contributed by atoms with van der Waals surface area (Å²) in [6.45, 7) is 4.33. The molecule has 0 aromatic carbocycles. The van der Waals surface area contributed by atoms with Gasteiger partial charge in [-0.15, -0.1) is 0 Å². The Labute approximate surface area is 118 Å². The molecule has 0 saturated carbocycles. The molecule has 1 aliphatic rings. The number of rotatable bonds is 8. The summed E-state index contributed by atoms with van der Waals surface area (Å²) in [5.41, 5.74) is 0.181. The highest BCUT2D eigenvalue weighted by Gasteiger charge is 2.29. The lowest BCUT2D eigenvalue weighted by molar-refractivity contribution is -0.133. The molecule has 0 aliphatic carbocycles. The van der Waals surface area contributed by atoms with Crippen molar-refractivity contribution in [1.82, 2.24) is 0 Å². The average molecular weight is 282 g/mol. The Bertz CT molecular complexity index is 434. The standard InChI is InChI=1S/C15H22O5/c1-3-4-6-10(2)7-5-8-11-14(18)12(9-13(16)17)20-15(11)19/h9-10,18H,3-8H2,1-2H3,(H,16,17). The van der Waals surface area contributed by atoms with Crippen molar-refractivity contribution in [3.8, 4) is 0 Å². The Morgan fingerprint density at radius 1 is 1.35 bits per heavy atom. The lowest BCUT2D eigenvalue weighted by Crippen LogP contribution is -2.01. The second-order valence-electron chi connectivity index (χ2n) is 5.20. The minimum Gasteiger partial charge on any atom is -0.504 e. The zero-order valence-electron chi connectivity index (χ0n) is 12.0. The van der Waals surface area contributed by atoms with Gasteiger partial charge in [0.2, 0.25) is 0 Å².